The van der Waals surface area contributed by atoms with Gasteiger partial charge in [-0.15, -0.1) is 11.3 Å². The number of hydrogen-bond acceptors (Lipinski definition) is 2. The molecule has 0 N–H and O–H groups in total. The molecule has 1 heterocycles. The quantitative estimate of drug-likeness (QED) is 0.833. The Labute approximate surface area is 119 Å². The predicted molar refractivity (Wildman–Crippen MR) is 79.0 cm³/mol. The summed E-state index contributed by atoms with van der Waals surface area (Å²) in [4.78, 5) is 14.7. The van der Waals surface area contributed by atoms with Crippen molar-refractivity contribution in [2.24, 2.45) is 0 Å². The van der Waals surface area contributed by atoms with Gasteiger partial charge in [-0.1, -0.05) is 29.8 Å². The molecule has 0 aliphatic heterocycles. The van der Waals surface area contributed by atoms with Crippen LogP contribution >= 0.6 is 27.3 Å². The van der Waals surface area contributed by atoms with Crippen LogP contribution in [0.25, 0.3) is 0 Å². The zero-order valence-corrected chi connectivity index (χ0v) is 12.7. The molecule has 1 amide bonds. The predicted octanol–water partition coefficient (Wildman–Crippen LogP) is 4.09. The number of nitrogens with zero attached hydrogens (tertiary/aromatic N) is 1. The van der Waals surface area contributed by atoms with E-state index in [-0.39, 0.29) is 5.91 Å². The minimum absolute atomic E-state index is 0.0541. The maximum absolute atomic E-state index is 12.2. The van der Waals surface area contributed by atoms with E-state index in [9.17, 15) is 4.79 Å². The minimum atomic E-state index is 0.0541. The highest BCUT2D eigenvalue weighted by Crippen LogP contribution is 2.24. The largest absolute Gasteiger partial charge is 0.337 e. The van der Waals surface area contributed by atoms with Crippen molar-refractivity contribution in [2.75, 3.05) is 7.05 Å². The summed E-state index contributed by atoms with van der Waals surface area (Å²) in [7, 11) is 1.83. The van der Waals surface area contributed by atoms with Gasteiger partial charge in [0.2, 0.25) is 0 Å². The Bertz CT molecular complexity index is 564. The van der Waals surface area contributed by atoms with Crippen LogP contribution in [-0.4, -0.2) is 17.9 Å². The fraction of sp³-hybridized carbons (Fsp3) is 0.214. The molecule has 2 rings (SSSR count). The Morgan fingerprint density at radius 3 is 2.78 bits per heavy atom. The van der Waals surface area contributed by atoms with E-state index in [0.29, 0.717) is 6.54 Å². The van der Waals surface area contributed by atoms with Crippen molar-refractivity contribution in [3.63, 3.8) is 0 Å². The number of carbonyl (C=O) groups is 1. The number of carbonyl (C=O) groups excluding carboxylic acids is 1. The lowest BCUT2D eigenvalue weighted by atomic mass is 10.1. The van der Waals surface area contributed by atoms with E-state index >= 15 is 0 Å². The van der Waals surface area contributed by atoms with Gasteiger partial charge in [-0.2, -0.15) is 0 Å². The van der Waals surface area contributed by atoms with Crippen molar-refractivity contribution >= 4 is 33.2 Å². The normalized spacial score (nSPS) is 10.4. The molecule has 0 spiro atoms. The number of rotatable bonds is 3. The number of halogens is 1. The molecular formula is C14H14BrNOS. The van der Waals surface area contributed by atoms with Crippen molar-refractivity contribution in [2.45, 2.75) is 13.5 Å². The average molecular weight is 324 g/mol. The molecule has 0 bridgehead atoms. The van der Waals surface area contributed by atoms with Gasteiger partial charge >= 0.3 is 0 Å². The van der Waals surface area contributed by atoms with Gasteiger partial charge in [0.15, 0.2) is 0 Å². The third kappa shape index (κ3) is 3.00. The number of amides is 1. The topological polar surface area (TPSA) is 20.3 Å². The van der Waals surface area contributed by atoms with Gasteiger partial charge < -0.3 is 4.90 Å². The van der Waals surface area contributed by atoms with Gasteiger partial charge in [-0.05, 0) is 39.9 Å². The van der Waals surface area contributed by atoms with Crippen LogP contribution in [0.4, 0.5) is 0 Å². The highest BCUT2D eigenvalue weighted by molar-refractivity contribution is 9.10. The Hall–Kier alpha value is -1.13. The number of aryl methyl sites for hydroxylation is 1. The smallest absolute Gasteiger partial charge is 0.265 e. The van der Waals surface area contributed by atoms with E-state index in [4.69, 9.17) is 0 Å². The van der Waals surface area contributed by atoms with Gasteiger partial charge in [-0.25, -0.2) is 0 Å². The Kier molecular flexibility index (Phi) is 4.19. The molecule has 1 aromatic carbocycles. The lowest BCUT2D eigenvalue weighted by Gasteiger charge is -2.17. The highest BCUT2D eigenvalue weighted by atomic mass is 79.9. The molecule has 1 aromatic heterocycles. The first-order valence-corrected chi connectivity index (χ1v) is 7.29. The van der Waals surface area contributed by atoms with Gasteiger partial charge in [0.1, 0.15) is 4.88 Å². The van der Waals surface area contributed by atoms with Crippen molar-refractivity contribution in [1.29, 1.82) is 0 Å². The van der Waals surface area contributed by atoms with Crippen LogP contribution in [0.5, 0.6) is 0 Å². The molecule has 0 fully saturated rings. The van der Waals surface area contributed by atoms with Crippen LogP contribution in [0.1, 0.15) is 20.8 Å². The van der Waals surface area contributed by atoms with Crippen molar-refractivity contribution < 1.29 is 4.79 Å². The van der Waals surface area contributed by atoms with E-state index in [0.717, 1.165) is 14.9 Å². The maximum atomic E-state index is 12.2. The summed E-state index contributed by atoms with van der Waals surface area (Å²) in [6, 6.07) is 10.1. The lowest BCUT2D eigenvalue weighted by molar-refractivity contribution is 0.0789. The van der Waals surface area contributed by atoms with E-state index in [1.54, 1.807) is 4.90 Å². The number of thiophene rings is 1. The zero-order chi connectivity index (χ0) is 13.1. The van der Waals surface area contributed by atoms with Crippen LogP contribution in [-0.2, 0) is 6.54 Å². The molecule has 94 valence electrons. The van der Waals surface area contributed by atoms with Crippen LogP contribution in [0.3, 0.4) is 0 Å². The molecule has 0 unspecified atom stereocenters. The molecule has 0 saturated heterocycles. The third-order valence-electron chi connectivity index (χ3n) is 2.66. The molecule has 0 atom stereocenters. The molecule has 0 aliphatic carbocycles. The first-order chi connectivity index (χ1) is 8.58. The third-order valence-corrected chi connectivity index (χ3v) is 4.49. The Morgan fingerprint density at radius 1 is 1.39 bits per heavy atom. The summed E-state index contributed by atoms with van der Waals surface area (Å²) in [6.45, 7) is 2.69. The van der Waals surface area contributed by atoms with E-state index in [1.165, 1.54) is 16.9 Å². The van der Waals surface area contributed by atoms with Gasteiger partial charge in [0.25, 0.3) is 5.91 Å². The summed E-state index contributed by atoms with van der Waals surface area (Å²) in [6.07, 6.45) is 0. The zero-order valence-electron chi connectivity index (χ0n) is 10.3. The SMILES string of the molecule is Cc1cccc(CN(C)C(=O)c2sccc2Br)c1. The molecule has 0 saturated carbocycles. The van der Waals surface area contributed by atoms with Crippen LogP contribution < -0.4 is 0 Å². The Morgan fingerprint density at radius 2 is 2.17 bits per heavy atom. The second-order valence-corrected chi connectivity index (χ2v) is 6.02. The molecule has 0 radical (unpaired) electrons. The molecule has 18 heavy (non-hydrogen) atoms. The first kappa shape index (κ1) is 13.3. The number of hydrogen-bond donors (Lipinski definition) is 0. The van der Waals surface area contributed by atoms with Crippen LogP contribution in [0, 0.1) is 6.92 Å². The summed E-state index contributed by atoms with van der Waals surface area (Å²) in [5.41, 5.74) is 2.36. The molecular weight excluding hydrogens is 310 g/mol. The van der Waals surface area contributed by atoms with E-state index < -0.39 is 0 Å². The summed E-state index contributed by atoms with van der Waals surface area (Å²) in [5, 5.41) is 1.91. The van der Waals surface area contributed by atoms with Crippen molar-refractivity contribution in [3.8, 4) is 0 Å². The van der Waals surface area contributed by atoms with E-state index in [1.807, 2.05) is 30.6 Å². The monoisotopic (exact) mass is 323 g/mol. The molecule has 0 aliphatic rings. The fourth-order valence-electron chi connectivity index (χ4n) is 1.78. The van der Waals surface area contributed by atoms with E-state index in [2.05, 4.69) is 35.0 Å². The van der Waals surface area contributed by atoms with Crippen LogP contribution in [0.2, 0.25) is 0 Å². The second-order valence-electron chi connectivity index (χ2n) is 4.25. The van der Waals surface area contributed by atoms with Gasteiger partial charge in [0, 0.05) is 18.1 Å². The summed E-state index contributed by atoms with van der Waals surface area (Å²) >= 11 is 4.86. The van der Waals surface area contributed by atoms with Crippen LogP contribution in [0.15, 0.2) is 40.2 Å². The van der Waals surface area contributed by atoms with Crippen molar-refractivity contribution in [3.05, 3.63) is 56.2 Å². The summed E-state index contributed by atoms with van der Waals surface area (Å²) in [5.74, 6) is 0.0541. The van der Waals surface area contributed by atoms with Gasteiger partial charge in [0.05, 0.1) is 0 Å². The van der Waals surface area contributed by atoms with Crippen molar-refractivity contribution in [1.82, 2.24) is 4.90 Å². The number of benzene rings is 1. The standard InChI is InChI=1S/C14H14BrNOS/c1-10-4-3-5-11(8-10)9-16(2)14(17)13-12(15)6-7-18-13/h3-8H,9H2,1-2H3. The second kappa shape index (κ2) is 5.67. The summed E-state index contributed by atoms with van der Waals surface area (Å²) < 4.78 is 0.869. The maximum Gasteiger partial charge on any atom is 0.265 e. The molecule has 4 heteroatoms. The van der Waals surface area contributed by atoms with Gasteiger partial charge in [-0.3, -0.25) is 4.79 Å². The Balaban J connectivity index is 2.11. The fourth-order valence-corrected chi connectivity index (χ4v) is 3.31. The molecule has 2 aromatic rings. The highest BCUT2D eigenvalue weighted by Gasteiger charge is 2.16. The first-order valence-electron chi connectivity index (χ1n) is 5.62. The molecule has 2 nitrogen and oxygen atoms in total. The average Bonchev–Trinajstić information content (AvgIpc) is 2.74. The lowest BCUT2D eigenvalue weighted by Crippen LogP contribution is -2.25. The minimum Gasteiger partial charge on any atom is -0.337 e.